The number of nitrogens with one attached hydrogen (secondary N) is 2. The molecule has 0 spiro atoms. The maximum atomic E-state index is 4.30. The molecule has 1 aliphatic heterocycles. The molecule has 1 aromatic heterocycles. The number of aromatic nitrogens is 3. The van der Waals surface area contributed by atoms with Crippen LogP contribution in [0.5, 0.6) is 0 Å². The highest BCUT2D eigenvalue weighted by molar-refractivity contribution is 14.0. The maximum Gasteiger partial charge on any atom is 0.191 e. The second kappa shape index (κ2) is 9.00. The minimum absolute atomic E-state index is 0. The van der Waals surface area contributed by atoms with Crippen LogP contribution in [0.1, 0.15) is 35.6 Å². The lowest BCUT2D eigenvalue weighted by Gasteiger charge is -2.16. The molecule has 1 aromatic carbocycles. The Morgan fingerprint density at radius 1 is 1.12 bits per heavy atom. The quantitative estimate of drug-likeness (QED) is 0.436. The molecule has 0 radical (unpaired) electrons. The smallest absolute Gasteiger partial charge is 0.191 e. The third-order valence-electron chi connectivity index (χ3n) is 4.15. The molecule has 2 N–H and O–H groups in total. The van der Waals surface area contributed by atoms with Gasteiger partial charge in [-0.25, -0.2) is 0 Å². The van der Waals surface area contributed by atoms with Crippen LogP contribution in [-0.2, 0) is 26.1 Å². The predicted octanol–water partition coefficient (Wildman–Crippen LogP) is 2.41. The standard InChI is InChI=1S/C17H24N6.HI/c1-13-6-8-14(9-7-13)11-19-17(18-2)20-12-16-22-21-15-5-3-4-10-23(15)16;/h6-9H,3-5,10-12H2,1-2H3,(H2,18,19,20);1H. The van der Waals surface area contributed by atoms with Gasteiger partial charge in [0.2, 0.25) is 0 Å². The van der Waals surface area contributed by atoms with Crippen LogP contribution in [0.3, 0.4) is 0 Å². The SMILES string of the molecule is CN=C(NCc1ccc(C)cc1)NCc1nnc2n1CCCC2.I. The highest BCUT2D eigenvalue weighted by Crippen LogP contribution is 2.13. The van der Waals surface area contributed by atoms with Gasteiger partial charge in [-0.2, -0.15) is 0 Å². The summed E-state index contributed by atoms with van der Waals surface area (Å²) < 4.78 is 2.23. The average Bonchev–Trinajstić information content (AvgIpc) is 3.00. The molecular formula is C17H25IN6. The number of aliphatic imine (C=N–C) groups is 1. The van der Waals surface area contributed by atoms with Gasteiger partial charge in [0.25, 0.3) is 0 Å². The van der Waals surface area contributed by atoms with Gasteiger partial charge in [-0.3, -0.25) is 4.99 Å². The van der Waals surface area contributed by atoms with Crippen molar-refractivity contribution >= 4 is 29.9 Å². The number of halogens is 1. The molecule has 0 fully saturated rings. The number of nitrogens with zero attached hydrogens (tertiary/aromatic N) is 4. The molecular weight excluding hydrogens is 415 g/mol. The van der Waals surface area contributed by atoms with Crippen LogP contribution >= 0.6 is 24.0 Å². The van der Waals surface area contributed by atoms with Crippen LogP contribution in [0.2, 0.25) is 0 Å². The number of fused-ring (bicyclic) bond motifs is 1. The van der Waals surface area contributed by atoms with E-state index in [4.69, 9.17) is 0 Å². The van der Waals surface area contributed by atoms with E-state index in [-0.39, 0.29) is 24.0 Å². The van der Waals surface area contributed by atoms with E-state index in [2.05, 4.69) is 61.6 Å². The Morgan fingerprint density at radius 2 is 1.88 bits per heavy atom. The van der Waals surface area contributed by atoms with Crippen molar-refractivity contribution in [2.24, 2.45) is 4.99 Å². The van der Waals surface area contributed by atoms with E-state index >= 15 is 0 Å². The zero-order valence-corrected chi connectivity index (χ0v) is 16.6. The molecule has 0 amide bonds. The fourth-order valence-corrected chi connectivity index (χ4v) is 2.77. The first kappa shape index (κ1) is 18.7. The van der Waals surface area contributed by atoms with Gasteiger partial charge in [0.1, 0.15) is 5.82 Å². The fourth-order valence-electron chi connectivity index (χ4n) is 2.77. The molecule has 7 heteroatoms. The van der Waals surface area contributed by atoms with Crippen molar-refractivity contribution in [1.82, 2.24) is 25.4 Å². The monoisotopic (exact) mass is 440 g/mol. The summed E-state index contributed by atoms with van der Waals surface area (Å²) in [6.07, 6.45) is 3.46. The van der Waals surface area contributed by atoms with Gasteiger partial charge in [0.15, 0.2) is 11.8 Å². The summed E-state index contributed by atoms with van der Waals surface area (Å²) in [5.41, 5.74) is 2.51. The fraction of sp³-hybridized carbons (Fsp3) is 0.471. The van der Waals surface area contributed by atoms with Crippen molar-refractivity contribution in [2.45, 2.75) is 45.8 Å². The maximum absolute atomic E-state index is 4.30. The van der Waals surface area contributed by atoms with Crippen LogP contribution in [0.4, 0.5) is 0 Å². The molecule has 0 saturated heterocycles. The molecule has 3 rings (SSSR count). The van der Waals surface area contributed by atoms with Gasteiger partial charge in [0, 0.05) is 26.6 Å². The van der Waals surface area contributed by atoms with Crippen molar-refractivity contribution < 1.29 is 0 Å². The van der Waals surface area contributed by atoms with Crippen LogP contribution < -0.4 is 10.6 Å². The van der Waals surface area contributed by atoms with E-state index < -0.39 is 0 Å². The Labute approximate surface area is 160 Å². The molecule has 6 nitrogen and oxygen atoms in total. The summed E-state index contributed by atoms with van der Waals surface area (Å²) in [6, 6.07) is 8.50. The number of rotatable bonds is 4. The van der Waals surface area contributed by atoms with Crippen LogP contribution in [-0.4, -0.2) is 27.8 Å². The highest BCUT2D eigenvalue weighted by Gasteiger charge is 2.15. The summed E-state index contributed by atoms with van der Waals surface area (Å²) in [5.74, 6) is 2.87. The number of guanidine groups is 1. The Bertz CT molecular complexity index is 677. The van der Waals surface area contributed by atoms with Crippen LogP contribution in [0.15, 0.2) is 29.3 Å². The molecule has 130 valence electrons. The lowest BCUT2D eigenvalue weighted by atomic mass is 10.1. The van der Waals surface area contributed by atoms with E-state index in [1.165, 1.54) is 24.0 Å². The van der Waals surface area contributed by atoms with E-state index in [0.29, 0.717) is 6.54 Å². The Balaban J connectivity index is 0.00000208. The number of aryl methyl sites for hydroxylation is 2. The second-order valence-corrected chi connectivity index (χ2v) is 5.91. The van der Waals surface area contributed by atoms with E-state index in [1.807, 2.05) is 0 Å². The predicted molar refractivity (Wildman–Crippen MR) is 107 cm³/mol. The van der Waals surface area contributed by atoms with Crippen LogP contribution in [0.25, 0.3) is 0 Å². The third-order valence-corrected chi connectivity index (χ3v) is 4.15. The van der Waals surface area contributed by atoms with Crippen molar-refractivity contribution in [1.29, 1.82) is 0 Å². The molecule has 0 atom stereocenters. The highest BCUT2D eigenvalue weighted by atomic mass is 127. The summed E-state index contributed by atoms with van der Waals surface area (Å²) in [5, 5.41) is 15.2. The Morgan fingerprint density at radius 3 is 2.62 bits per heavy atom. The summed E-state index contributed by atoms with van der Waals surface area (Å²) in [7, 11) is 1.78. The van der Waals surface area contributed by atoms with Crippen molar-refractivity contribution in [3.05, 3.63) is 47.0 Å². The number of hydrogen-bond acceptors (Lipinski definition) is 3. The molecule has 0 saturated carbocycles. The number of hydrogen-bond donors (Lipinski definition) is 2. The van der Waals surface area contributed by atoms with Gasteiger partial charge in [-0.1, -0.05) is 29.8 Å². The summed E-state index contributed by atoms with van der Waals surface area (Å²) in [6.45, 7) is 4.50. The zero-order valence-electron chi connectivity index (χ0n) is 14.2. The van der Waals surface area contributed by atoms with Crippen molar-refractivity contribution in [2.75, 3.05) is 7.05 Å². The van der Waals surface area contributed by atoms with Gasteiger partial charge in [-0.05, 0) is 25.3 Å². The van der Waals surface area contributed by atoms with Crippen molar-refractivity contribution in [3.63, 3.8) is 0 Å². The first-order chi connectivity index (χ1) is 11.3. The molecule has 2 heterocycles. The van der Waals surface area contributed by atoms with Crippen molar-refractivity contribution in [3.8, 4) is 0 Å². The molecule has 24 heavy (non-hydrogen) atoms. The topological polar surface area (TPSA) is 67.1 Å². The molecule has 0 unspecified atom stereocenters. The third kappa shape index (κ3) is 4.68. The van der Waals surface area contributed by atoms with Gasteiger partial charge in [-0.15, -0.1) is 34.2 Å². The van der Waals surface area contributed by atoms with E-state index in [9.17, 15) is 0 Å². The largest absolute Gasteiger partial charge is 0.352 e. The first-order valence-corrected chi connectivity index (χ1v) is 8.17. The number of benzene rings is 1. The molecule has 0 bridgehead atoms. The van der Waals surface area contributed by atoms with Gasteiger partial charge < -0.3 is 15.2 Å². The van der Waals surface area contributed by atoms with E-state index in [0.717, 1.165) is 37.1 Å². The minimum atomic E-state index is 0. The van der Waals surface area contributed by atoms with Gasteiger partial charge >= 0.3 is 0 Å². The Kier molecular flexibility index (Phi) is 7.01. The molecule has 0 aliphatic carbocycles. The normalized spacial score (nSPS) is 13.8. The molecule has 1 aliphatic rings. The van der Waals surface area contributed by atoms with E-state index in [1.54, 1.807) is 7.05 Å². The lowest BCUT2D eigenvalue weighted by Crippen LogP contribution is -2.37. The summed E-state index contributed by atoms with van der Waals surface area (Å²) in [4.78, 5) is 4.27. The van der Waals surface area contributed by atoms with Crippen LogP contribution in [0, 0.1) is 6.92 Å². The lowest BCUT2D eigenvalue weighted by molar-refractivity contribution is 0.504. The average molecular weight is 440 g/mol. The summed E-state index contributed by atoms with van der Waals surface area (Å²) >= 11 is 0. The zero-order chi connectivity index (χ0) is 16.1. The van der Waals surface area contributed by atoms with Gasteiger partial charge in [0.05, 0.1) is 6.54 Å². The Hall–Kier alpha value is -1.64. The first-order valence-electron chi connectivity index (χ1n) is 8.17. The second-order valence-electron chi connectivity index (χ2n) is 5.91. The minimum Gasteiger partial charge on any atom is -0.352 e. The molecule has 2 aromatic rings.